The number of hydrogen-bond donors (Lipinski definition) is 1. The summed E-state index contributed by atoms with van der Waals surface area (Å²) in [5.74, 6) is -4.14. The van der Waals surface area contributed by atoms with Crippen LogP contribution in [0.1, 0.15) is 60.5 Å². The Hall–Kier alpha value is -4.23. The second-order valence-corrected chi connectivity index (χ2v) is 13.4. The summed E-state index contributed by atoms with van der Waals surface area (Å²) in [4.78, 5) is 18.1. The number of rotatable bonds is 12. The number of carbonyl (C=O) groups excluding carboxylic acids is 1. The molecule has 1 unspecified atom stereocenters. The number of ether oxygens (including phenoxy) is 1. The minimum absolute atomic E-state index is 0.0172. The molecule has 0 aromatic heterocycles. The normalized spacial score (nSPS) is 20.5. The van der Waals surface area contributed by atoms with Crippen LogP contribution in [0.4, 0.5) is 27.6 Å². The van der Waals surface area contributed by atoms with Gasteiger partial charge in [-0.05, 0) is 66.7 Å². The van der Waals surface area contributed by atoms with Crippen LogP contribution in [-0.4, -0.2) is 66.6 Å². The molecule has 12 heteroatoms. The van der Waals surface area contributed by atoms with Crippen LogP contribution in [0.5, 0.6) is 0 Å². The molecule has 6 nitrogen and oxygen atoms in total. The number of thioether (sulfide) groups is 1. The highest BCUT2D eigenvalue weighted by Gasteiger charge is 2.33. The first-order valence-corrected chi connectivity index (χ1v) is 17.6. The molecular weight excluding hydrogens is 710 g/mol. The first kappa shape index (κ1) is 27.4. The van der Waals surface area contributed by atoms with E-state index in [1.807, 2.05) is 0 Å². The van der Waals surface area contributed by atoms with Crippen molar-refractivity contribution in [2.45, 2.75) is 50.4 Å². The molecule has 53 heavy (non-hydrogen) atoms. The van der Waals surface area contributed by atoms with E-state index in [4.69, 9.17) is 15.7 Å². The van der Waals surface area contributed by atoms with Crippen LogP contribution in [0.25, 0.3) is 11.1 Å². The van der Waals surface area contributed by atoms with E-state index >= 15 is 4.79 Å². The Morgan fingerprint density at radius 1 is 1.04 bits per heavy atom. The lowest BCUT2D eigenvalue weighted by atomic mass is 9.99. The van der Waals surface area contributed by atoms with Gasteiger partial charge in [-0.2, -0.15) is 13.2 Å². The Kier molecular flexibility index (Phi) is 8.70. The van der Waals surface area contributed by atoms with Crippen LogP contribution in [-0.2, 0) is 28.0 Å². The van der Waals surface area contributed by atoms with Gasteiger partial charge < -0.3 is 24.5 Å². The van der Waals surface area contributed by atoms with Gasteiger partial charge in [0.2, 0.25) is 5.91 Å². The van der Waals surface area contributed by atoms with Gasteiger partial charge in [0.05, 0.1) is 28.1 Å². The lowest BCUT2D eigenvalue weighted by Gasteiger charge is -2.40. The number of aliphatic hydroxyl groups is 1. The fraction of sp³-hybridized carbons (Fsp3) is 0.341. The largest absolute Gasteiger partial charge is 0.416 e. The van der Waals surface area contributed by atoms with E-state index < -0.39 is 107 Å². The molecule has 6 rings (SSSR count). The van der Waals surface area contributed by atoms with Crippen molar-refractivity contribution in [3.8, 4) is 11.1 Å². The number of carbonyl (C=O) groups is 1. The number of benzene rings is 4. The third-order valence-electron chi connectivity index (χ3n) is 8.83. The van der Waals surface area contributed by atoms with E-state index in [2.05, 4.69) is 0 Å². The van der Waals surface area contributed by atoms with Crippen molar-refractivity contribution in [1.29, 1.82) is 0 Å². The van der Waals surface area contributed by atoms with Gasteiger partial charge >= 0.3 is 6.18 Å². The van der Waals surface area contributed by atoms with Crippen molar-refractivity contribution in [1.82, 2.24) is 9.80 Å². The van der Waals surface area contributed by atoms with Gasteiger partial charge in [-0.25, -0.2) is 8.78 Å². The van der Waals surface area contributed by atoms with Gasteiger partial charge in [0, 0.05) is 64.6 Å². The number of amides is 1. The van der Waals surface area contributed by atoms with Crippen molar-refractivity contribution in [3.05, 3.63) is 135 Å². The molecule has 4 aromatic carbocycles. The topological polar surface area (TPSA) is 56.3 Å². The number of anilines is 1. The molecule has 0 saturated carbocycles. The second kappa shape index (κ2) is 16.8. The Labute approximate surface area is 324 Å². The lowest BCUT2D eigenvalue weighted by Crippen LogP contribution is -2.50. The van der Waals surface area contributed by atoms with Crippen LogP contribution >= 0.6 is 11.8 Å². The molecule has 1 atom stereocenters. The maximum absolute atomic E-state index is 15.1. The summed E-state index contributed by atoms with van der Waals surface area (Å²) < 4.78 is 161. The fourth-order valence-electron chi connectivity index (χ4n) is 6.04. The van der Waals surface area contributed by atoms with Crippen molar-refractivity contribution < 1.29 is 50.3 Å². The van der Waals surface area contributed by atoms with Crippen molar-refractivity contribution in [2.75, 3.05) is 44.7 Å². The fourth-order valence-corrected chi connectivity index (χ4v) is 7.01. The predicted octanol–water partition coefficient (Wildman–Crippen LogP) is 8.73. The highest BCUT2D eigenvalue weighted by molar-refractivity contribution is 8.02. The van der Waals surface area contributed by atoms with Gasteiger partial charge in [-0.3, -0.25) is 4.79 Å². The molecule has 4 aromatic rings. The van der Waals surface area contributed by atoms with Gasteiger partial charge in [-0.1, -0.05) is 66.2 Å². The summed E-state index contributed by atoms with van der Waals surface area (Å²) in [6, 6.07) is 10.9. The third-order valence-corrected chi connectivity index (χ3v) is 9.86. The Balaban J connectivity index is 1.43. The van der Waals surface area contributed by atoms with E-state index in [0.717, 1.165) is 30.2 Å². The Morgan fingerprint density at radius 3 is 2.38 bits per heavy atom. The van der Waals surface area contributed by atoms with E-state index in [1.165, 1.54) is 36.1 Å². The molecule has 1 amide bonds. The number of alkyl halides is 3. The average Bonchev–Trinajstić information content (AvgIpc) is 3.25. The number of nitrogens with zero attached hydrogens (tertiary/aromatic N) is 3. The summed E-state index contributed by atoms with van der Waals surface area (Å²) in [6.45, 7) is -7.91. The van der Waals surface area contributed by atoms with Gasteiger partial charge in [0.1, 0.15) is 12.6 Å². The number of aliphatic hydroxyl groups excluding tert-OH is 1. The van der Waals surface area contributed by atoms with Crippen molar-refractivity contribution in [2.24, 2.45) is 0 Å². The lowest BCUT2D eigenvalue weighted by molar-refractivity contribution is -0.137. The zero-order chi connectivity index (χ0) is 46.6. The average molecular weight is 762 g/mol. The van der Waals surface area contributed by atoms with Gasteiger partial charge in [0.15, 0.2) is 11.6 Å². The molecule has 0 radical (unpaired) electrons. The first-order chi connectivity index (χ1) is 29.3. The predicted molar refractivity (Wildman–Crippen MR) is 198 cm³/mol. The number of fused-ring (bicyclic) bond motifs is 1. The van der Waals surface area contributed by atoms with E-state index in [1.54, 1.807) is 24.3 Å². The van der Waals surface area contributed by atoms with E-state index in [0.29, 0.717) is 33.4 Å². The third kappa shape index (κ3) is 9.29. The number of piperidine rings is 1. The standard InChI is InChI=1S/C41H42F5N3O3S/c1-27-6-15-36-34(22-27)37(50)23-39(53-26-31-4-3-5-35(42)40(31)43)49(36)25-38(51)48(33-16-18-47(19-17-33)20-21-52-2)24-28-7-9-29(10-8-28)30-11-13-32(14-12-30)41(44,45)46/h3-15,22-23,33,37,50H,16-21,24-26H2,1-2H3/i6D,15D,20D2,21D2,22D,23D,25D2. The van der Waals surface area contributed by atoms with Gasteiger partial charge in [0.25, 0.3) is 0 Å². The molecule has 2 aliphatic rings. The zero-order valence-electron chi connectivity index (χ0n) is 38.7. The summed E-state index contributed by atoms with van der Waals surface area (Å²) in [6.07, 6.45) is -6.53. The molecule has 0 spiro atoms. The van der Waals surface area contributed by atoms with Crippen LogP contribution in [0.2, 0.25) is 0 Å². The molecule has 1 saturated heterocycles. The number of halogens is 5. The van der Waals surface area contributed by atoms with Crippen molar-refractivity contribution >= 4 is 23.4 Å². The summed E-state index contributed by atoms with van der Waals surface area (Å²) in [7, 11) is 1.02. The van der Waals surface area contributed by atoms with Crippen LogP contribution in [0.3, 0.4) is 0 Å². The molecule has 280 valence electrons. The highest BCUT2D eigenvalue weighted by atomic mass is 32.2. The van der Waals surface area contributed by atoms with Crippen LogP contribution in [0, 0.1) is 18.6 Å². The molecule has 0 bridgehead atoms. The summed E-state index contributed by atoms with van der Waals surface area (Å²) >= 11 is 0.563. The number of hydrogen-bond acceptors (Lipinski definition) is 6. The second-order valence-electron chi connectivity index (χ2n) is 12.4. The van der Waals surface area contributed by atoms with Gasteiger partial charge in [-0.15, -0.1) is 11.8 Å². The maximum Gasteiger partial charge on any atom is 0.416 e. The monoisotopic (exact) mass is 761 g/mol. The number of methoxy groups -OCH3 is 1. The zero-order valence-corrected chi connectivity index (χ0v) is 29.5. The summed E-state index contributed by atoms with van der Waals surface area (Å²) in [5, 5.41) is 11.0. The molecule has 1 N–H and O–H groups in total. The SMILES string of the molecule is [2H]C1=C(SCc2cccc(F)c2F)N(C([2H])([2H])C(=O)N(Cc2ccc(-c3ccc(C(F)(F)F)cc3)cc2)C2CCN(C([2H])([2H])C([2H])([2H])OC)CC2)c2c([2H])c([2H])c(C)c([2H])c2C1O. The van der Waals surface area contributed by atoms with E-state index in [-0.39, 0.29) is 43.6 Å². The summed E-state index contributed by atoms with van der Waals surface area (Å²) in [5.41, 5.74) is -0.716. The highest BCUT2D eigenvalue weighted by Crippen LogP contribution is 2.41. The van der Waals surface area contributed by atoms with Crippen LogP contribution < -0.4 is 4.90 Å². The minimum Gasteiger partial charge on any atom is -0.384 e. The quantitative estimate of drug-likeness (QED) is 0.146. The van der Waals surface area contributed by atoms with Crippen molar-refractivity contribution in [3.63, 3.8) is 0 Å². The Morgan fingerprint density at radius 2 is 1.72 bits per heavy atom. The maximum atomic E-state index is 15.1. The molecule has 2 aliphatic heterocycles. The first-order valence-electron chi connectivity index (χ1n) is 21.6. The molecular formula is C41H42F5N3O3S. The smallest absolute Gasteiger partial charge is 0.384 e. The Bertz CT molecular complexity index is 2400. The molecule has 1 fully saturated rings. The molecule has 2 heterocycles. The number of likely N-dealkylation sites (tertiary alicyclic amines) is 1. The minimum atomic E-state index is -4.54. The molecule has 0 aliphatic carbocycles. The van der Waals surface area contributed by atoms with E-state index in [9.17, 15) is 29.8 Å². The van der Waals surface area contributed by atoms with Crippen LogP contribution in [0.15, 0.2) is 95.9 Å².